The molecule has 8 rings (SSSR count). The topological polar surface area (TPSA) is 69.7 Å². The van der Waals surface area contributed by atoms with Gasteiger partial charge in [0.15, 0.2) is 0 Å². The molecule has 0 aliphatic carbocycles. The molecule has 6 aromatic rings. The zero-order valence-electron chi connectivity index (χ0n) is 32.7. The Morgan fingerprint density at radius 1 is 0.800 bits per heavy atom. The first-order chi connectivity index (χ1) is 26.3. The molecular formula is C45H52Cl2FN5O2. The van der Waals surface area contributed by atoms with Crippen molar-refractivity contribution in [2.75, 3.05) is 27.2 Å². The number of hydrogen-bond donors (Lipinski definition) is 2. The lowest BCUT2D eigenvalue weighted by atomic mass is 9.94. The van der Waals surface area contributed by atoms with Gasteiger partial charge in [-0.25, -0.2) is 4.39 Å². The molecule has 7 nitrogen and oxygen atoms in total. The smallest absolute Gasteiger partial charge is 0.123 e. The molecule has 4 unspecified atom stereocenters. The van der Waals surface area contributed by atoms with Crippen molar-refractivity contribution in [1.82, 2.24) is 23.9 Å². The van der Waals surface area contributed by atoms with E-state index < -0.39 is 11.7 Å². The molecule has 2 N–H and O–H groups in total. The minimum Gasteiger partial charge on any atom is -0.386 e. The van der Waals surface area contributed by atoms with E-state index in [0.717, 1.165) is 71.1 Å². The van der Waals surface area contributed by atoms with Gasteiger partial charge in [0.2, 0.25) is 0 Å². The average Bonchev–Trinajstić information content (AvgIpc) is 3.62. The number of aliphatic hydroxyl groups excluding tert-OH is 1. The van der Waals surface area contributed by atoms with Crippen LogP contribution >= 0.6 is 23.2 Å². The van der Waals surface area contributed by atoms with Gasteiger partial charge < -0.3 is 19.3 Å². The Bertz CT molecular complexity index is 2300. The maximum Gasteiger partial charge on any atom is 0.123 e. The van der Waals surface area contributed by atoms with Gasteiger partial charge in [0.1, 0.15) is 11.4 Å². The summed E-state index contributed by atoms with van der Waals surface area (Å²) in [5.74, 6) is -0.300. The molecule has 0 saturated heterocycles. The number of fused-ring (bicyclic) bond motifs is 6. The van der Waals surface area contributed by atoms with Gasteiger partial charge in [-0.1, -0.05) is 55.2 Å². The number of aliphatic hydroxyl groups is 2. The molecule has 290 valence electrons. The van der Waals surface area contributed by atoms with Crippen LogP contribution in [0.4, 0.5) is 4.39 Å². The van der Waals surface area contributed by atoms with Gasteiger partial charge in [0.05, 0.1) is 19.2 Å². The fourth-order valence-electron chi connectivity index (χ4n) is 8.96. The van der Waals surface area contributed by atoms with Gasteiger partial charge >= 0.3 is 0 Å². The van der Waals surface area contributed by atoms with Gasteiger partial charge in [-0.3, -0.25) is 14.8 Å². The number of halogens is 3. The van der Waals surface area contributed by atoms with Crippen LogP contribution in [-0.4, -0.2) is 61.3 Å². The third kappa shape index (κ3) is 7.70. The van der Waals surface area contributed by atoms with Gasteiger partial charge in [-0.05, 0) is 125 Å². The van der Waals surface area contributed by atoms with Gasteiger partial charge in [0, 0.05) is 85.9 Å². The zero-order valence-corrected chi connectivity index (χ0v) is 34.2. The summed E-state index contributed by atoms with van der Waals surface area (Å²) in [5.41, 5.74) is 8.92. The Morgan fingerprint density at radius 3 is 1.84 bits per heavy atom. The summed E-state index contributed by atoms with van der Waals surface area (Å²) in [4.78, 5) is 9.14. The van der Waals surface area contributed by atoms with E-state index in [9.17, 15) is 14.6 Å². The fraction of sp³-hybridized carbons (Fsp3) is 0.400. The zero-order chi connectivity index (χ0) is 39.2. The number of aromatic nitrogens is 3. The summed E-state index contributed by atoms with van der Waals surface area (Å²) >= 11 is 12.6. The minimum atomic E-state index is -1.12. The SMILES string of the molecule is CCC1c2c(c3cc(Cl)ccc3n2CC(C)(O)c2ccc(F)cc2)CCN1C.CCC1c2c(c3cc(Cl)ccc3n2CC(O)c2ccc(C)nc2)CCN1C. The Hall–Kier alpha value is -3.76. The minimum absolute atomic E-state index is 0.291. The number of benzene rings is 3. The van der Waals surface area contributed by atoms with E-state index in [0.29, 0.717) is 30.7 Å². The highest BCUT2D eigenvalue weighted by atomic mass is 35.5. The summed E-state index contributed by atoms with van der Waals surface area (Å²) < 4.78 is 17.9. The standard InChI is InChI=1S/C23H26ClFN2O.C22H26ClN3O/c1-4-20-22-18(11-12-26(20)3)19-13-16(24)7-10-21(19)27(22)14-23(2,28)15-5-8-17(25)9-6-15;1-4-19-22-17(9-10-25(19)3)18-11-16(23)7-8-20(18)26(22)13-21(27)15-6-5-14(2)24-12-15/h5-10,13,20,28H,4,11-12,14H2,1-3H3;5-8,11-12,19,21,27H,4,9-10,13H2,1-3H3. The molecule has 2 aliphatic heterocycles. The van der Waals surface area contributed by atoms with E-state index in [1.807, 2.05) is 43.3 Å². The summed E-state index contributed by atoms with van der Waals surface area (Å²) in [7, 11) is 4.34. The van der Waals surface area contributed by atoms with Crippen molar-refractivity contribution < 1.29 is 14.6 Å². The highest BCUT2D eigenvalue weighted by Crippen LogP contribution is 2.42. The van der Waals surface area contributed by atoms with Crippen LogP contribution in [0.25, 0.3) is 21.8 Å². The third-order valence-corrected chi connectivity index (χ3v) is 12.3. The van der Waals surface area contributed by atoms with Crippen LogP contribution in [0.15, 0.2) is 79.0 Å². The molecule has 0 radical (unpaired) electrons. The Kier molecular flexibility index (Phi) is 11.5. The second-order valence-corrected chi connectivity index (χ2v) is 16.5. The first-order valence-electron chi connectivity index (χ1n) is 19.4. The molecule has 0 bridgehead atoms. The summed E-state index contributed by atoms with van der Waals surface area (Å²) in [6, 6.07) is 22.8. The van der Waals surface area contributed by atoms with E-state index in [-0.39, 0.29) is 5.82 Å². The average molecular weight is 785 g/mol. The van der Waals surface area contributed by atoms with Gasteiger partial charge in [0.25, 0.3) is 0 Å². The van der Waals surface area contributed by atoms with Crippen molar-refractivity contribution >= 4 is 45.0 Å². The molecule has 0 saturated carbocycles. The van der Waals surface area contributed by atoms with Gasteiger partial charge in [-0.2, -0.15) is 0 Å². The molecule has 0 spiro atoms. The van der Waals surface area contributed by atoms with E-state index in [4.69, 9.17) is 23.2 Å². The van der Waals surface area contributed by atoms with Crippen LogP contribution < -0.4 is 0 Å². The summed E-state index contributed by atoms with van der Waals surface area (Å²) in [6.07, 6.45) is 5.18. The van der Waals surface area contributed by atoms with E-state index >= 15 is 0 Å². The highest BCUT2D eigenvalue weighted by Gasteiger charge is 2.34. The maximum atomic E-state index is 13.4. The molecule has 0 fully saturated rings. The molecule has 10 heteroatoms. The first-order valence-corrected chi connectivity index (χ1v) is 20.2. The molecule has 55 heavy (non-hydrogen) atoms. The van der Waals surface area contributed by atoms with Gasteiger partial charge in [-0.15, -0.1) is 0 Å². The van der Waals surface area contributed by atoms with Crippen molar-refractivity contribution in [2.24, 2.45) is 0 Å². The number of aryl methyl sites for hydroxylation is 1. The summed E-state index contributed by atoms with van der Waals surface area (Å²) in [6.45, 7) is 11.1. The molecule has 4 atom stereocenters. The molecule has 3 aromatic heterocycles. The Labute approximate surface area is 333 Å². The molecule has 0 amide bonds. The number of rotatable bonds is 8. The number of pyridine rings is 1. The van der Waals surface area contributed by atoms with Crippen LogP contribution in [-0.2, 0) is 31.5 Å². The molecule has 3 aromatic carbocycles. The van der Waals surface area contributed by atoms with E-state index in [1.165, 1.54) is 45.4 Å². The van der Waals surface area contributed by atoms with E-state index in [1.54, 1.807) is 25.3 Å². The number of likely N-dealkylation sites (N-methyl/N-ethyl adjacent to an activating group) is 2. The highest BCUT2D eigenvalue weighted by molar-refractivity contribution is 6.31. The predicted octanol–water partition coefficient (Wildman–Crippen LogP) is 9.95. The largest absolute Gasteiger partial charge is 0.386 e. The lowest BCUT2D eigenvalue weighted by Gasteiger charge is -2.35. The lowest BCUT2D eigenvalue weighted by molar-refractivity contribution is 0.0370. The van der Waals surface area contributed by atoms with Crippen LogP contribution in [0.5, 0.6) is 0 Å². The second kappa shape index (κ2) is 16.0. The molecule has 2 aliphatic rings. The Morgan fingerprint density at radius 2 is 1.33 bits per heavy atom. The van der Waals surface area contributed by atoms with Crippen LogP contribution in [0.2, 0.25) is 10.0 Å². The normalized spacial score (nSPS) is 19.1. The van der Waals surface area contributed by atoms with Crippen LogP contribution in [0.3, 0.4) is 0 Å². The number of nitrogens with zero attached hydrogens (tertiary/aromatic N) is 5. The first kappa shape index (κ1) is 39.5. The van der Waals surface area contributed by atoms with Crippen molar-refractivity contribution in [3.63, 3.8) is 0 Å². The van der Waals surface area contributed by atoms with Crippen molar-refractivity contribution in [3.05, 3.63) is 134 Å². The third-order valence-electron chi connectivity index (χ3n) is 11.9. The monoisotopic (exact) mass is 783 g/mol. The van der Waals surface area contributed by atoms with E-state index in [2.05, 4.69) is 64.0 Å². The Balaban J connectivity index is 0.000000169. The second-order valence-electron chi connectivity index (χ2n) is 15.6. The molecular weight excluding hydrogens is 732 g/mol. The lowest BCUT2D eigenvalue weighted by Crippen LogP contribution is -2.35. The quantitative estimate of drug-likeness (QED) is 0.161. The predicted molar refractivity (Wildman–Crippen MR) is 223 cm³/mol. The fourth-order valence-corrected chi connectivity index (χ4v) is 9.31. The van der Waals surface area contributed by atoms with Crippen molar-refractivity contribution in [3.8, 4) is 0 Å². The van der Waals surface area contributed by atoms with Crippen molar-refractivity contribution in [1.29, 1.82) is 0 Å². The van der Waals surface area contributed by atoms with Crippen LogP contribution in [0, 0.1) is 12.7 Å². The van der Waals surface area contributed by atoms with Crippen molar-refractivity contribution in [2.45, 2.75) is 90.3 Å². The summed E-state index contributed by atoms with van der Waals surface area (Å²) in [5, 5.41) is 26.1. The molecule has 5 heterocycles. The number of hydrogen-bond acceptors (Lipinski definition) is 5. The van der Waals surface area contributed by atoms with Crippen LogP contribution in [0.1, 0.15) is 91.1 Å². The maximum absolute atomic E-state index is 13.4.